The van der Waals surface area contributed by atoms with Gasteiger partial charge >= 0.3 is 5.97 Å². The van der Waals surface area contributed by atoms with E-state index >= 15 is 0 Å². The molecule has 0 spiro atoms. The van der Waals surface area contributed by atoms with Crippen molar-refractivity contribution in [3.63, 3.8) is 0 Å². The topological polar surface area (TPSA) is 92.5 Å². The lowest BCUT2D eigenvalue weighted by Crippen LogP contribution is -2.35. The number of nitrogens with zero attached hydrogens (tertiary/aromatic N) is 3. The highest BCUT2D eigenvalue weighted by Crippen LogP contribution is 2.31. The van der Waals surface area contributed by atoms with Crippen LogP contribution in [0.15, 0.2) is 22.9 Å². The molecule has 0 unspecified atom stereocenters. The zero-order valence-corrected chi connectivity index (χ0v) is 14.2. The van der Waals surface area contributed by atoms with Gasteiger partial charge in [0, 0.05) is 36.1 Å². The van der Waals surface area contributed by atoms with E-state index in [0.717, 1.165) is 23.4 Å². The SMILES string of the molecule is CCCn1cnc(S(=O)(=O)N2CCc3c(C(=O)O)csc3C2)c1. The molecule has 7 nitrogen and oxygen atoms in total. The Labute approximate surface area is 138 Å². The number of carboxylic acid groups (broad SMARTS) is 1. The van der Waals surface area contributed by atoms with Gasteiger partial charge in [0.1, 0.15) is 0 Å². The first kappa shape index (κ1) is 16.2. The number of fused-ring (bicyclic) bond motifs is 1. The van der Waals surface area contributed by atoms with Crippen LogP contribution in [0.25, 0.3) is 0 Å². The van der Waals surface area contributed by atoms with Crippen molar-refractivity contribution in [2.75, 3.05) is 6.54 Å². The summed E-state index contributed by atoms with van der Waals surface area (Å²) < 4.78 is 28.5. The average Bonchev–Trinajstić information content (AvgIpc) is 3.13. The zero-order chi connectivity index (χ0) is 16.6. The molecule has 0 aliphatic carbocycles. The van der Waals surface area contributed by atoms with E-state index in [1.54, 1.807) is 16.1 Å². The van der Waals surface area contributed by atoms with Gasteiger partial charge in [-0.2, -0.15) is 4.31 Å². The lowest BCUT2D eigenvalue weighted by molar-refractivity contribution is 0.0696. The Morgan fingerprint density at radius 2 is 2.26 bits per heavy atom. The van der Waals surface area contributed by atoms with Gasteiger partial charge in [-0.15, -0.1) is 11.3 Å². The molecule has 2 aromatic rings. The first-order valence-electron chi connectivity index (χ1n) is 7.28. The van der Waals surface area contributed by atoms with Gasteiger partial charge in [0.25, 0.3) is 10.0 Å². The molecule has 2 aromatic heterocycles. The van der Waals surface area contributed by atoms with Crippen molar-refractivity contribution in [1.29, 1.82) is 0 Å². The quantitative estimate of drug-likeness (QED) is 0.883. The summed E-state index contributed by atoms with van der Waals surface area (Å²) in [4.78, 5) is 16.0. The monoisotopic (exact) mass is 355 g/mol. The highest BCUT2D eigenvalue weighted by atomic mass is 32.2. The third-order valence-corrected chi connectivity index (χ3v) is 6.58. The predicted octanol–water partition coefficient (Wildman–Crippen LogP) is 1.80. The molecule has 9 heteroatoms. The molecule has 0 saturated carbocycles. The molecule has 0 atom stereocenters. The Bertz CT molecular complexity index is 838. The molecule has 124 valence electrons. The second kappa shape index (κ2) is 6.06. The summed E-state index contributed by atoms with van der Waals surface area (Å²) in [5, 5.41) is 10.8. The minimum atomic E-state index is -3.65. The van der Waals surface area contributed by atoms with Gasteiger partial charge in [0.05, 0.1) is 11.9 Å². The first-order valence-corrected chi connectivity index (χ1v) is 9.60. The number of carboxylic acids is 1. The van der Waals surface area contributed by atoms with Gasteiger partial charge in [-0.25, -0.2) is 18.2 Å². The minimum Gasteiger partial charge on any atom is -0.478 e. The summed E-state index contributed by atoms with van der Waals surface area (Å²) in [5.74, 6) is -0.961. The van der Waals surface area contributed by atoms with Crippen molar-refractivity contribution in [2.24, 2.45) is 0 Å². The predicted molar refractivity (Wildman–Crippen MR) is 85.1 cm³/mol. The van der Waals surface area contributed by atoms with Gasteiger partial charge in [0.2, 0.25) is 0 Å². The van der Waals surface area contributed by atoms with Crippen molar-refractivity contribution in [2.45, 2.75) is 37.9 Å². The van der Waals surface area contributed by atoms with Crippen molar-refractivity contribution >= 4 is 27.3 Å². The van der Waals surface area contributed by atoms with Gasteiger partial charge in [-0.3, -0.25) is 0 Å². The van der Waals surface area contributed by atoms with Crippen LogP contribution in [-0.2, 0) is 29.5 Å². The number of hydrogen-bond donors (Lipinski definition) is 1. The lowest BCUT2D eigenvalue weighted by atomic mass is 10.1. The van der Waals surface area contributed by atoms with E-state index in [4.69, 9.17) is 5.11 Å². The number of hydrogen-bond acceptors (Lipinski definition) is 5. The van der Waals surface area contributed by atoms with E-state index < -0.39 is 16.0 Å². The fraction of sp³-hybridized carbons (Fsp3) is 0.429. The molecule has 0 fully saturated rings. The Balaban J connectivity index is 1.85. The summed E-state index contributed by atoms with van der Waals surface area (Å²) in [6.07, 6.45) is 4.39. The van der Waals surface area contributed by atoms with Crippen LogP contribution in [0.3, 0.4) is 0 Å². The molecule has 3 heterocycles. The van der Waals surface area contributed by atoms with Crippen molar-refractivity contribution in [3.8, 4) is 0 Å². The van der Waals surface area contributed by atoms with Gasteiger partial charge in [-0.05, 0) is 18.4 Å². The average molecular weight is 355 g/mol. The van der Waals surface area contributed by atoms with Gasteiger partial charge in [0.15, 0.2) is 5.03 Å². The van der Waals surface area contributed by atoms with Crippen LogP contribution in [0.5, 0.6) is 0 Å². The Morgan fingerprint density at radius 3 is 2.96 bits per heavy atom. The van der Waals surface area contributed by atoms with Crippen LogP contribution in [0.1, 0.15) is 34.1 Å². The highest BCUT2D eigenvalue weighted by Gasteiger charge is 2.32. The van der Waals surface area contributed by atoms with Crippen molar-refractivity contribution in [3.05, 3.63) is 33.9 Å². The van der Waals surface area contributed by atoms with Gasteiger partial charge in [-0.1, -0.05) is 6.92 Å². The Kier molecular flexibility index (Phi) is 4.26. The summed E-state index contributed by atoms with van der Waals surface area (Å²) >= 11 is 1.30. The number of carbonyl (C=O) groups is 1. The summed E-state index contributed by atoms with van der Waals surface area (Å²) in [6.45, 7) is 3.21. The van der Waals surface area contributed by atoms with E-state index in [0.29, 0.717) is 6.42 Å². The number of sulfonamides is 1. The van der Waals surface area contributed by atoms with Crippen LogP contribution in [0, 0.1) is 0 Å². The first-order chi connectivity index (χ1) is 10.9. The van der Waals surface area contributed by atoms with E-state index in [-0.39, 0.29) is 23.7 Å². The lowest BCUT2D eigenvalue weighted by Gasteiger charge is -2.25. The molecule has 0 aromatic carbocycles. The molecular formula is C14H17N3O4S2. The second-order valence-corrected chi connectivity index (χ2v) is 8.24. The number of aromatic nitrogens is 2. The maximum Gasteiger partial charge on any atom is 0.336 e. The molecule has 0 saturated heterocycles. The number of aromatic carboxylic acids is 1. The number of thiophene rings is 1. The number of rotatable bonds is 5. The molecule has 23 heavy (non-hydrogen) atoms. The maximum absolute atomic E-state index is 12.7. The second-order valence-electron chi connectivity index (χ2n) is 5.39. The van der Waals surface area contributed by atoms with Crippen LogP contribution >= 0.6 is 11.3 Å². The number of imidazole rings is 1. The van der Waals surface area contributed by atoms with E-state index in [9.17, 15) is 13.2 Å². The molecule has 0 radical (unpaired) electrons. The third kappa shape index (κ3) is 2.91. The van der Waals surface area contributed by atoms with Gasteiger partial charge < -0.3 is 9.67 Å². The molecule has 0 amide bonds. The Hall–Kier alpha value is -1.71. The fourth-order valence-electron chi connectivity index (χ4n) is 2.68. The van der Waals surface area contributed by atoms with E-state index in [1.165, 1.54) is 22.0 Å². The molecular weight excluding hydrogens is 338 g/mol. The largest absolute Gasteiger partial charge is 0.478 e. The molecule has 1 aliphatic heterocycles. The van der Waals surface area contributed by atoms with E-state index in [1.807, 2.05) is 6.92 Å². The third-order valence-electron chi connectivity index (χ3n) is 3.84. The van der Waals surface area contributed by atoms with Crippen LogP contribution in [0.2, 0.25) is 0 Å². The smallest absolute Gasteiger partial charge is 0.336 e. The fourth-order valence-corrected chi connectivity index (χ4v) is 5.19. The van der Waals surface area contributed by atoms with Crippen LogP contribution < -0.4 is 0 Å². The molecule has 0 bridgehead atoms. The van der Waals surface area contributed by atoms with Crippen LogP contribution in [-0.4, -0.2) is 39.9 Å². The number of aryl methyl sites for hydroxylation is 1. The van der Waals surface area contributed by atoms with Crippen molar-refractivity contribution in [1.82, 2.24) is 13.9 Å². The summed E-state index contributed by atoms with van der Waals surface area (Å²) in [7, 11) is -3.65. The molecule has 1 N–H and O–H groups in total. The van der Waals surface area contributed by atoms with E-state index in [2.05, 4.69) is 4.98 Å². The minimum absolute atomic E-state index is 0.0458. The molecule has 1 aliphatic rings. The van der Waals surface area contributed by atoms with Crippen LogP contribution in [0.4, 0.5) is 0 Å². The standard InChI is InChI=1S/C14H17N3O4S2/c1-2-4-16-7-13(15-9-16)23(20,21)17-5-3-10-11(14(18)19)8-22-12(10)6-17/h7-9H,2-6H2,1H3,(H,18,19). The summed E-state index contributed by atoms with van der Waals surface area (Å²) in [5.41, 5.74) is 1.04. The zero-order valence-electron chi connectivity index (χ0n) is 12.6. The summed E-state index contributed by atoms with van der Waals surface area (Å²) in [6, 6.07) is 0. The Morgan fingerprint density at radius 1 is 1.48 bits per heavy atom. The van der Waals surface area contributed by atoms with Crippen molar-refractivity contribution < 1.29 is 18.3 Å². The highest BCUT2D eigenvalue weighted by molar-refractivity contribution is 7.89. The molecule has 3 rings (SSSR count). The maximum atomic E-state index is 12.7. The normalized spacial score (nSPS) is 15.5.